The van der Waals surface area contributed by atoms with Gasteiger partial charge in [-0.3, -0.25) is 4.72 Å². The summed E-state index contributed by atoms with van der Waals surface area (Å²) in [6, 6.07) is 7.49. The summed E-state index contributed by atoms with van der Waals surface area (Å²) in [5.41, 5.74) is 8.66. The molecule has 0 saturated heterocycles. The van der Waals surface area contributed by atoms with Crippen LogP contribution in [0.2, 0.25) is 0 Å². The number of nitrogens with one attached hydrogen (secondary N) is 1. The highest BCUT2D eigenvalue weighted by Gasteiger charge is 2.20. The lowest BCUT2D eigenvalue weighted by atomic mass is 9.91. The lowest BCUT2D eigenvalue weighted by molar-refractivity contribution is 0.601. The van der Waals surface area contributed by atoms with Crippen molar-refractivity contribution in [2.45, 2.75) is 37.1 Å². The molecule has 1 heterocycles. The Labute approximate surface area is 129 Å². The van der Waals surface area contributed by atoms with E-state index in [0.29, 0.717) is 17.1 Å². The number of hydrogen-bond donors (Lipinski definition) is 2. The molecule has 3 N–H and O–H groups in total. The van der Waals surface area contributed by atoms with Crippen LogP contribution >= 0.6 is 11.3 Å². The SMILES string of the molecule is NCc1cc(S(=O)(=O)Nc2cccc3c2CCCC3)cs1. The molecule has 0 atom stereocenters. The van der Waals surface area contributed by atoms with Crippen LogP contribution < -0.4 is 10.5 Å². The number of thiophene rings is 1. The lowest BCUT2D eigenvalue weighted by Crippen LogP contribution is -2.15. The van der Waals surface area contributed by atoms with Gasteiger partial charge < -0.3 is 5.73 Å². The highest BCUT2D eigenvalue weighted by Crippen LogP contribution is 2.30. The average Bonchev–Trinajstić information content (AvgIpc) is 2.97. The Morgan fingerprint density at radius 1 is 1.24 bits per heavy atom. The van der Waals surface area contributed by atoms with Crippen LogP contribution in [-0.4, -0.2) is 8.42 Å². The number of fused-ring (bicyclic) bond motifs is 1. The smallest absolute Gasteiger partial charge is 0.262 e. The zero-order valence-corrected chi connectivity index (χ0v) is 13.3. The second-order valence-corrected chi connectivity index (χ2v) is 7.89. The third-order valence-corrected chi connectivity index (χ3v) is 6.23. The van der Waals surface area contributed by atoms with Gasteiger partial charge in [0.1, 0.15) is 0 Å². The van der Waals surface area contributed by atoms with Gasteiger partial charge in [0, 0.05) is 16.8 Å². The number of sulfonamides is 1. The molecular formula is C15H18N2O2S2. The van der Waals surface area contributed by atoms with E-state index in [-0.39, 0.29) is 0 Å². The fourth-order valence-electron chi connectivity index (χ4n) is 2.69. The molecule has 0 spiro atoms. The summed E-state index contributed by atoms with van der Waals surface area (Å²) < 4.78 is 27.7. The Morgan fingerprint density at radius 2 is 2.05 bits per heavy atom. The topological polar surface area (TPSA) is 72.2 Å². The predicted octanol–water partition coefficient (Wildman–Crippen LogP) is 2.89. The molecule has 0 fully saturated rings. The minimum Gasteiger partial charge on any atom is -0.326 e. The van der Waals surface area contributed by atoms with Crippen LogP contribution in [0, 0.1) is 0 Å². The zero-order valence-electron chi connectivity index (χ0n) is 11.6. The van der Waals surface area contributed by atoms with Gasteiger partial charge in [-0.2, -0.15) is 0 Å². The van der Waals surface area contributed by atoms with E-state index >= 15 is 0 Å². The molecule has 0 radical (unpaired) electrons. The number of nitrogens with two attached hydrogens (primary N) is 1. The number of hydrogen-bond acceptors (Lipinski definition) is 4. The highest BCUT2D eigenvalue weighted by atomic mass is 32.2. The number of benzene rings is 1. The molecule has 112 valence electrons. The molecular weight excluding hydrogens is 304 g/mol. The standard InChI is InChI=1S/C15H18N2O2S2/c16-9-12-8-13(10-20-12)21(18,19)17-15-7-3-5-11-4-1-2-6-14(11)15/h3,5,7-8,10,17H,1-2,4,6,9,16H2. The van der Waals surface area contributed by atoms with E-state index in [1.54, 1.807) is 11.4 Å². The summed E-state index contributed by atoms with van der Waals surface area (Å²) in [4.78, 5) is 1.16. The van der Waals surface area contributed by atoms with Crippen molar-refractivity contribution in [2.75, 3.05) is 4.72 Å². The monoisotopic (exact) mass is 322 g/mol. The summed E-state index contributed by atoms with van der Waals surface area (Å²) in [5.74, 6) is 0. The van der Waals surface area contributed by atoms with Crippen molar-refractivity contribution >= 4 is 27.0 Å². The molecule has 0 unspecified atom stereocenters. The Bertz CT molecular complexity index is 751. The summed E-state index contributed by atoms with van der Waals surface area (Å²) >= 11 is 1.37. The van der Waals surface area contributed by atoms with Crippen molar-refractivity contribution < 1.29 is 8.42 Å². The maximum Gasteiger partial charge on any atom is 0.262 e. The van der Waals surface area contributed by atoms with Crippen molar-refractivity contribution in [2.24, 2.45) is 5.73 Å². The van der Waals surface area contributed by atoms with E-state index in [1.807, 2.05) is 12.1 Å². The maximum atomic E-state index is 12.5. The summed E-state index contributed by atoms with van der Waals surface area (Å²) in [6.45, 7) is 0.362. The summed E-state index contributed by atoms with van der Waals surface area (Å²) in [5, 5.41) is 1.64. The Balaban J connectivity index is 1.92. The first-order valence-electron chi connectivity index (χ1n) is 7.01. The Hall–Kier alpha value is -1.37. The second-order valence-electron chi connectivity index (χ2n) is 5.21. The molecule has 0 saturated carbocycles. The van der Waals surface area contributed by atoms with Crippen molar-refractivity contribution in [3.63, 3.8) is 0 Å². The molecule has 0 bridgehead atoms. The lowest BCUT2D eigenvalue weighted by Gasteiger charge is -2.19. The van der Waals surface area contributed by atoms with Gasteiger partial charge in [-0.25, -0.2) is 8.42 Å². The molecule has 1 aliphatic rings. The van der Waals surface area contributed by atoms with E-state index in [4.69, 9.17) is 5.73 Å². The molecule has 6 heteroatoms. The molecule has 1 aliphatic carbocycles. The van der Waals surface area contributed by atoms with Gasteiger partial charge in [0.25, 0.3) is 10.0 Å². The third-order valence-electron chi connectivity index (χ3n) is 3.78. The van der Waals surface area contributed by atoms with Crippen LogP contribution in [0.5, 0.6) is 0 Å². The minimum atomic E-state index is -3.53. The van der Waals surface area contributed by atoms with Gasteiger partial charge in [-0.15, -0.1) is 11.3 Å². The summed E-state index contributed by atoms with van der Waals surface area (Å²) in [6.07, 6.45) is 4.25. The van der Waals surface area contributed by atoms with E-state index in [1.165, 1.54) is 23.3 Å². The number of aryl methyl sites for hydroxylation is 1. The number of anilines is 1. The second kappa shape index (κ2) is 5.79. The minimum absolute atomic E-state index is 0.293. The Morgan fingerprint density at radius 3 is 2.81 bits per heavy atom. The number of rotatable bonds is 4. The first-order valence-corrected chi connectivity index (χ1v) is 9.37. The van der Waals surface area contributed by atoms with Crippen molar-refractivity contribution in [3.8, 4) is 0 Å². The van der Waals surface area contributed by atoms with Crippen molar-refractivity contribution in [1.82, 2.24) is 0 Å². The van der Waals surface area contributed by atoms with Gasteiger partial charge in [0.15, 0.2) is 0 Å². The Kier molecular flexibility index (Phi) is 4.01. The maximum absolute atomic E-state index is 12.5. The van der Waals surface area contributed by atoms with Gasteiger partial charge in [0.2, 0.25) is 0 Å². The van der Waals surface area contributed by atoms with Gasteiger partial charge in [0.05, 0.1) is 10.6 Å². The predicted molar refractivity (Wildman–Crippen MR) is 86.1 cm³/mol. The van der Waals surface area contributed by atoms with E-state index in [9.17, 15) is 8.42 Å². The van der Waals surface area contributed by atoms with E-state index < -0.39 is 10.0 Å². The fraction of sp³-hybridized carbons (Fsp3) is 0.333. The van der Waals surface area contributed by atoms with Crippen LogP contribution in [0.3, 0.4) is 0 Å². The quantitative estimate of drug-likeness (QED) is 0.909. The van der Waals surface area contributed by atoms with Gasteiger partial charge in [-0.05, 0) is 48.9 Å². The van der Waals surface area contributed by atoms with Crippen molar-refractivity contribution in [3.05, 3.63) is 45.6 Å². The molecule has 2 aromatic rings. The van der Waals surface area contributed by atoms with Crippen LogP contribution in [0.25, 0.3) is 0 Å². The molecule has 0 aliphatic heterocycles. The molecule has 1 aromatic heterocycles. The van der Waals surface area contributed by atoms with Crippen LogP contribution in [0.4, 0.5) is 5.69 Å². The van der Waals surface area contributed by atoms with Gasteiger partial charge >= 0.3 is 0 Å². The van der Waals surface area contributed by atoms with Crippen LogP contribution in [-0.2, 0) is 29.4 Å². The third kappa shape index (κ3) is 2.97. The molecule has 21 heavy (non-hydrogen) atoms. The largest absolute Gasteiger partial charge is 0.326 e. The summed E-state index contributed by atoms with van der Waals surface area (Å²) in [7, 11) is -3.53. The first-order chi connectivity index (χ1) is 10.1. The normalized spacial score (nSPS) is 14.7. The molecule has 1 aromatic carbocycles. The van der Waals surface area contributed by atoms with E-state index in [0.717, 1.165) is 29.7 Å². The van der Waals surface area contributed by atoms with Crippen LogP contribution in [0.1, 0.15) is 28.8 Å². The zero-order chi connectivity index (χ0) is 14.9. The van der Waals surface area contributed by atoms with Crippen molar-refractivity contribution in [1.29, 1.82) is 0 Å². The molecule has 0 amide bonds. The molecule has 3 rings (SSSR count). The first kappa shape index (κ1) is 14.6. The van der Waals surface area contributed by atoms with E-state index in [2.05, 4.69) is 10.8 Å². The van der Waals surface area contributed by atoms with Crippen LogP contribution in [0.15, 0.2) is 34.5 Å². The highest BCUT2D eigenvalue weighted by molar-refractivity contribution is 7.92. The van der Waals surface area contributed by atoms with Gasteiger partial charge in [-0.1, -0.05) is 12.1 Å². The molecule has 4 nitrogen and oxygen atoms in total. The average molecular weight is 322 g/mol. The fourth-order valence-corrected chi connectivity index (χ4v) is 4.94.